The first kappa shape index (κ1) is 17.8. The highest BCUT2D eigenvalue weighted by atomic mass is 32.2. The molecule has 0 atom stereocenters. The number of aromatic nitrogens is 4. The van der Waals surface area contributed by atoms with Gasteiger partial charge >= 0.3 is 0 Å². The van der Waals surface area contributed by atoms with E-state index < -0.39 is 0 Å². The van der Waals surface area contributed by atoms with E-state index in [1.807, 2.05) is 33.7 Å². The van der Waals surface area contributed by atoms with Crippen molar-refractivity contribution in [2.45, 2.75) is 31.0 Å². The molecule has 8 heteroatoms. The number of amides is 1. The second-order valence-corrected chi connectivity index (χ2v) is 7.39. The molecule has 140 valence electrons. The molecule has 0 N–H and O–H groups in total. The first-order valence-corrected chi connectivity index (χ1v) is 10.1. The van der Waals surface area contributed by atoms with Crippen LogP contribution in [0.5, 0.6) is 0 Å². The van der Waals surface area contributed by atoms with E-state index in [2.05, 4.69) is 15.2 Å². The zero-order valence-electron chi connectivity index (χ0n) is 15.0. The van der Waals surface area contributed by atoms with Gasteiger partial charge in [-0.3, -0.25) is 14.3 Å². The summed E-state index contributed by atoms with van der Waals surface area (Å²) in [5.74, 6) is 2.05. The molecule has 1 aliphatic rings. The Morgan fingerprint density at radius 3 is 2.78 bits per heavy atom. The van der Waals surface area contributed by atoms with Crippen molar-refractivity contribution < 1.29 is 9.21 Å². The first-order valence-electron chi connectivity index (χ1n) is 9.08. The van der Waals surface area contributed by atoms with Crippen molar-refractivity contribution in [2.75, 3.05) is 18.8 Å². The van der Waals surface area contributed by atoms with Gasteiger partial charge in [-0.15, -0.1) is 10.2 Å². The van der Waals surface area contributed by atoms with E-state index in [4.69, 9.17) is 4.42 Å². The Morgan fingerprint density at radius 2 is 2.04 bits per heavy atom. The predicted molar refractivity (Wildman–Crippen MR) is 102 cm³/mol. The molecule has 1 fully saturated rings. The smallest absolute Gasteiger partial charge is 0.233 e. The maximum Gasteiger partial charge on any atom is 0.233 e. The highest BCUT2D eigenvalue weighted by Crippen LogP contribution is 2.25. The lowest BCUT2D eigenvalue weighted by Crippen LogP contribution is -2.36. The van der Waals surface area contributed by atoms with Crippen LogP contribution >= 0.6 is 11.8 Å². The largest absolute Gasteiger partial charge is 0.467 e. The number of carbonyl (C=O) groups excluding carboxylic acids is 1. The number of rotatable bonds is 6. The van der Waals surface area contributed by atoms with Crippen LogP contribution in [0.2, 0.25) is 0 Å². The van der Waals surface area contributed by atoms with Gasteiger partial charge in [-0.2, -0.15) is 0 Å². The number of carbonyl (C=O) groups is 1. The lowest BCUT2D eigenvalue weighted by molar-refractivity contribution is -0.129. The average molecular weight is 383 g/mol. The van der Waals surface area contributed by atoms with Crippen LogP contribution in [0.3, 0.4) is 0 Å². The maximum absolute atomic E-state index is 12.5. The zero-order chi connectivity index (χ0) is 18.5. The molecule has 4 heterocycles. The summed E-state index contributed by atoms with van der Waals surface area (Å²) in [5.41, 5.74) is 0.880. The summed E-state index contributed by atoms with van der Waals surface area (Å²) >= 11 is 1.42. The predicted octanol–water partition coefficient (Wildman–Crippen LogP) is 3.09. The Hall–Kier alpha value is -2.61. The molecule has 7 nitrogen and oxygen atoms in total. The van der Waals surface area contributed by atoms with Crippen molar-refractivity contribution >= 4 is 17.7 Å². The Labute approximate surface area is 161 Å². The number of pyridine rings is 1. The van der Waals surface area contributed by atoms with Crippen LogP contribution in [0.1, 0.15) is 25.0 Å². The number of piperidine rings is 1. The van der Waals surface area contributed by atoms with Crippen molar-refractivity contribution in [2.24, 2.45) is 0 Å². The van der Waals surface area contributed by atoms with Crippen molar-refractivity contribution in [1.29, 1.82) is 0 Å². The third-order valence-corrected chi connectivity index (χ3v) is 5.52. The normalized spacial score (nSPS) is 14.4. The number of nitrogens with zero attached hydrogens (tertiary/aromatic N) is 5. The van der Waals surface area contributed by atoms with Gasteiger partial charge in [-0.1, -0.05) is 11.8 Å². The van der Waals surface area contributed by atoms with Crippen molar-refractivity contribution in [3.8, 4) is 11.4 Å². The molecule has 3 aromatic heterocycles. The Balaban J connectivity index is 1.54. The lowest BCUT2D eigenvalue weighted by atomic mass is 10.1. The van der Waals surface area contributed by atoms with E-state index in [0.717, 1.165) is 37.3 Å². The van der Waals surface area contributed by atoms with Gasteiger partial charge in [0.05, 0.1) is 18.6 Å². The minimum Gasteiger partial charge on any atom is -0.467 e. The quantitative estimate of drug-likeness (QED) is 0.609. The van der Waals surface area contributed by atoms with Crippen LogP contribution in [-0.2, 0) is 11.3 Å². The summed E-state index contributed by atoms with van der Waals surface area (Å²) in [6.07, 6.45) is 8.53. The summed E-state index contributed by atoms with van der Waals surface area (Å²) in [6, 6.07) is 7.59. The molecule has 0 radical (unpaired) electrons. The summed E-state index contributed by atoms with van der Waals surface area (Å²) in [4.78, 5) is 18.6. The fraction of sp³-hybridized carbons (Fsp3) is 0.368. The highest BCUT2D eigenvalue weighted by Gasteiger charge is 2.20. The topological polar surface area (TPSA) is 77.0 Å². The zero-order valence-corrected chi connectivity index (χ0v) is 15.8. The SMILES string of the molecule is O=C(CSc1nnc(-c2cccnc2)n1Cc1ccco1)N1CCCCC1. The second-order valence-electron chi connectivity index (χ2n) is 6.44. The highest BCUT2D eigenvalue weighted by molar-refractivity contribution is 7.99. The molecule has 0 aromatic carbocycles. The Bertz CT molecular complexity index is 873. The molecule has 1 amide bonds. The Morgan fingerprint density at radius 1 is 1.15 bits per heavy atom. The molecule has 3 aromatic rings. The van der Waals surface area contributed by atoms with Crippen molar-refractivity contribution in [3.05, 3.63) is 48.7 Å². The van der Waals surface area contributed by atoms with E-state index in [1.165, 1.54) is 18.2 Å². The number of hydrogen-bond acceptors (Lipinski definition) is 6. The van der Waals surface area contributed by atoms with Gasteiger partial charge in [0.1, 0.15) is 5.76 Å². The lowest BCUT2D eigenvalue weighted by Gasteiger charge is -2.26. The van der Waals surface area contributed by atoms with Gasteiger partial charge in [0.25, 0.3) is 0 Å². The first-order chi connectivity index (χ1) is 13.3. The second kappa shape index (κ2) is 8.39. The van der Waals surface area contributed by atoms with Gasteiger partial charge in [0.2, 0.25) is 5.91 Å². The molecule has 0 bridgehead atoms. The molecule has 0 saturated carbocycles. The maximum atomic E-state index is 12.5. The van der Waals surface area contributed by atoms with Gasteiger partial charge < -0.3 is 9.32 Å². The molecule has 27 heavy (non-hydrogen) atoms. The molecular formula is C19H21N5O2S. The van der Waals surface area contributed by atoms with E-state index >= 15 is 0 Å². The molecule has 0 aliphatic carbocycles. The molecule has 1 aliphatic heterocycles. The number of hydrogen-bond donors (Lipinski definition) is 0. The fourth-order valence-electron chi connectivity index (χ4n) is 3.17. The Kier molecular flexibility index (Phi) is 5.53. The van der Waals surface area contributed by atoms with Gasteiger partial charge in [0, 0.05) is 31.0 Å². The summed E-state index contributed by atoms with van der Waals surface area (Å²) in [5, 5.41) is 9.37. The monoisotopic (exact) mass is 383 g/mol. The van der Waals surface area contributed by atoms with Crippen LogP contribution in [0, 0.1) is 0 Å². The third-order valence-electron chi connectivity index (χ3n) is 4.56. The standard InChI is InChI=1S/C19H21N5O2S/c25-17(23-9-2-1-3-10-23)14-27-19-22-21-18(15-6-4-8-20-12-15)24(19)13-16-7-5-11-26-16/h4-8,11-12H,1-3,9-10,13-14H2. The molecule has 0 unspecified atom stereocenters. The van der Waals surface area contributed by atoms with Crippen LogP contribution in [0.15, 0.2) is 52.5 Å². The van der Waals surface area contributed by atoms with Crippen molar-refractivity contribution in [1.82, 2.24) is 24.6 Å². The third kappa shape index (κ3) is 4.21. The van der Waals surface area contributed by atoms with Crippen LogP contribution in [0.25, 0.3) is 11.4 Å². The number of likely N-dealkylation sites (tertiary alicyclic amines) is 1. The fourth-order valence-corrected chi connectivity index (χ4v) is 4.01. The molecule has 1 saturated heterocycles. The minimum atomic E-state index is 0.162. The van der Waals surface area contributed by atoms with Crippen LogP contribution < -0.4 is 0 Å². The minimum absolute atomic E-state index is 0.162. The number of furan rings is 1. The van der Waals surface area contributed by atoms with Gasteiger partial charge in [-0.25, -0.2) is 0 Å². The van der Waals surface area contributed by atoms with E-state index in [1.54, 1.807) is 18.7 Å². The van der Waals surface area contributed by atoms with Crippen LogP contribution in [-0.4, -0.2) is 49.4 Å². The molecule has 0 spiro atoms. The van der Waals surface area contributed by atoms with E-state index in [-0.39, 0.29) is 5.91 Å². The van der Waals surface area contributed by atoms with E-state index in [0.29, 0.717) is 23.3 Å². The number of thioether (sulfide) groups is 1. The van der Waals surface area contributed by atoms with Gasteiger partial charge in [-0.05, 0) is 43.5 Å². The van der Waals surface area contributed by atoms with Crippen LogP contribution in [0.4, 0.5) is 0 Å². The summed E-state index contributed by atoms with van der Waals surface area (Å²) in [6.45, 7) is 2.23. The molecular weight excluding hydrogens is 362 g/mol. The van der Waals surface area contributed by atoms with Crippen molar-refractivity contribution in [3.63, 3.8) is 0 Å². The molecule has 4 rings (SSSR count). The summed E-state index contributed by atoms with van der Waals surface area (Å²) in [7, 11) is 0. The van der Waals surface area contributed by atoms with E-state index in [9.17, 15) is 4.79 Å². The average Bonchev–Trinajstić information content (AvgIpc) is 3.38. The summed E-state index contributed by atoms with van der Waals surface area (Å²) < 4.78 is 7.47. The van der Waals surface area contributed by atoms with Gasteiger partial charge in [0.15, 0.2) is 11.0 Å².